The number of hydrogen-bond donors (Lipinski definition) is 2. The summed E-state index contributed by atoms with van der Waals surface area (Å²) in [4.78, 5) is 19.2. The van der Waals surface area contributed by atoms with Gasteiger partial charge in [0.25, 0.3) is 0 Å². The maximum Gasteiger partial charge on any atom is 0.246 e. The summed E-state index contributed by atoms with van der Waals surface area (Å²) in [7, 11) is 1.81. The number of halogens is 2. The minimum absolute atomic E-state index is 0.0400. The molecule has 11 heteroatoms. The predicted octanol–water partition coefficient (Wildman–Crippen LogP) is 4.00. The molecule has 184 valence electrons. The molecule has 1 aromatic carbocycles. The minimum atomic E-state index is -2.30. The average molecular weight is 490 g/mol. The number of nitrogens with two attached hydrogens (primary N) is 1. The van der Waals surface area contributed by atoms with Crippen molar-refractivity contribution in [3.63, 3.8) is 0 Å². The zero-order valence-corrected chi connectivity index (χ0v) is 19.8. The molecule has 0 radical (unpaired) electrons. The number of nitrogen functional groups attached to an aromatic ring is 1. The second-order valence-electron chi connectivity index (χ2n) is 9.48. The third-order valence-electron chi connectivity index (χ3n) is 7.52. The maximum atomic E-state index is 13.6. The highest BCUT2D eigenvalue weighted by molar-refractivity contribution is 5.66. The highest BCUT2D eigenvalue weighted by Crippen LogP contribution is 2.66. The van der Waals surface area contributed by atoms with Crippen molar-refractivity contribution in [3.05, 3.63) is 54.9 Å². The van der Waals surface area contributed by atoms with Gasteiger partial charge in [0, 0.05) is 49.3 Å². The van der Waals surface area contributed by atoms with Gasteiger partial charge in [0.15, 0.2) is 5.82 Å². The smallest absolute Gasteiger partial charge is 0.246 e. The number of rotatable bonds is 6. The fraction of sp³-hybridized carbons (Fsp3) is 0.320. The van der Waals surface area contributed by atoms with Crippen LogP contribution in [0.4, 0.5) is 32.2 Å². The quantitative estimate of drug-likeness (QED) is 0.418. The van der Waals surface area contributed by atoms with Crippen LogP contribution in [0.15, 0.2) is 54.9 Å². The van der Waals surface area contributed by atoms with Crippen LogP contribution < -0.4 is 16.0 Å². The van der Waals surface area contributed by atoms with Crippen molar-refractivity contribution in [1.82, 2.24) is 29.7 Å². The van der Waals surface area contributed by atoms with Crippen LogP contribution in [0.1, 0.15) is 6.92 Å². The van der Waals surface area contributed by atoms with E-state index in [1.807, 2.05) is 48.2 Å². The Morgan fingerprint density at radius 3 is 2.50 bits per heavy atom. The molecule has 0 bridgehead atoms. The van der Waals surface area contributed by atoms with Gasteiger partial charge in [-0.1, -0.05) is 19.1 Å². The van der Waals surface area contributed by atoms with E-state index in [4.69, 9.17) is 5.73 Å². The summed E-state index contributed by atoms with van der Waals surface area (Å²) < 4.78 is 28.9. The molecule has 0 amide bonds. The number of alkyl halides is 2. The first kappa shape index (κ1) is 22.3. The summed E-state index contributed by atoms with van der Waals surface area (Å²) in [5.41, 5.74) is 8.06. The van der Waals surface area contributed by atoms with Gasteiger partial charge < -0.3 is 16.0 Å². The van der Waals surface area contributed by atoms with Crippen molar-refractivity contribution < 1.29 is 8.78 Å². The van der Waals surface area contributed by atoms with Crippen molar-refractivity contribution in [2.45, 2.75) is 13.3 Å². The van der Waals surface area contributed by atoms with Gasteiger partial charge in [-0.25, -0.2) is 28.4 Å². The van der Waals surface area contributed by atoms with Crippen LogP contribution in [-0.2, 0) is 7.05 Å². The number of piperidine rings is 1. The van der Waals surface area contributed by atoms with Crippen molar-refractivity contribution in [2.75, 3.05) is 29.0 Å². The van der Waals surface area contributed by atoms with E-state index >= 15 is 0 Å². The lowest BCUT2D eigenvalue weighted by Gasteiger charge is -2.23. The van der Waals surface area contributed by atoms with E-state index < -0.39 is 11.8 Å². The van der Waals surface area contributed by atoms with Crippen LogP contribution in [0.5, 0.6) is 0 Å². The van der Waals surface area contributed by atoms with Crippen LogP contribution in [0.2, 0.25) is 0 Å². The largest absolute Gasteiger partial charge is 0.368 e. The van der Waals surface area contributed by atoms with E-state index in [1.54, 1.807) is 30.2 Å². The van der Waals surface area contributed by atoms with E-state index in [0.717, 1.165) is 22.5 Å². The third-order valence-corrected chi connectivity index (χ3v) is 7.52. The molecule has 0 unspecified atom stereocenters. The van der Waals surface area contributed by atoms with E-state index in [0.29, 0.717) is 30.7 Å². The summed E-state index contributed by atoms with van der Waals surface area (Å²) in [6.07, 6.45) is 1.02. The van der Waals surface area contributed by atoms with Crippen LogP contribution in [0, 0.1) is 17.3 Å². The Morgan fingerprint density at radius 2 is 1.83 bits per heavy atom. The van der Waals surface area contributed by atoms with Gasteiger partial charge in [-0.15, -0.1) is 5.10 Å². The molecule has 0 spiro atoms. The predicted molar refractivity (Wildman–Crippen MR) is 133 cm³/mol. The van der Waals surface area contributed by atoms with Crippen LogP contribution in [0.25, 0.3) is 22.6 Å². The number of pyridine rings is 1. The van der Waals surface area contributed by atoms with E-state index in [2.05, 4.69) is 30.4 Å². The third kappa shape index (κ3) is 3.62. The topological polar surface area (TPSA) is 111 Å². The molecule has 9 nitrogen and oxygen atoms in total. The first-order valence-corrected chi connectivity index (χ1v) is 11.7. The number of nitrogens with one attached hydrogen (secondary N) is 1. The molecule has 36 heavy (non-hydrogen) atoms. The number of fused-ring (bicyclic) bond motifs is 1. The maximum absolute atomic E-state index is 13.6. The minimum Gasteiger partial charge on any atom is -0.368 e. The summed E-state index contributed by atoms with van der Waals surface area (Å²) >= 11 is 0. The molecule has 3 N–H and O–H groups in total. The molecule has 3 atom stereocenters. The zero-order chi connectivity index (χ0) is 25.0. The Hall–Kier alpha value is -4.15. The number of nitrogens with zero attached hydrogens (tertiary/aromatic N) is 7. The second-order valence-corrected chi connectivity index (χ2v) is 9.48. The number of aryl methyl sites for hydroxylation is 1. The lowest BCUT2D eigenvalue weighted by atomic mass is 10.1. The first-order chi connectivity index (χ1) is 17.3. The Morgan fingerprint density at radius 1 is 1.06 bits per heavy atom. The van der Waals surface area contributed by atoms with Gasteiger partial charge in [-0.05, 0) is 42.2 Å². The van der Waals surface area contributed by atoms with Crippen molar-refractivity contribution >= 4 is 23.4 Å². The summed E-state index contributed by atoms with van der Waals surface area (Å²) in [6.45, 7) is 2.89. The molecule has 2 aliphatic rings. The lowest BCUT2D eigenvalue weighted by molar-refractivity contribution is 0.0582. The van der Waals surface area contributed by atoms with Crippen LogP contribution in [0.3, 0.4) is 0 Å². The van der Waals surface area contributed by atoms with Crippen molar-refractivity contribution in [1.29, 1.82) is 0 Å². The molecule has 3 aromatic heterocycles. The zero-order valence-electron chi connectivity index (χ0n) is 19.8. The van der Waals surface area contributed by atoms with Crippen molar-refractivity contribution in [3.8, 4) is 22.6 Å². The molecule has 1 aliphatic carbocycles. The average Bonchev–Trinajstić information content (AvgIpc) is 3.18. The van der Waals surface area contributed by atoms with Crippen LogP contribution in [-0.4, -0.2) is 49.2 Å². The fourth-order valence-corrected chi connectivity index (χ4v) is 5.29. The lowest BCUT2D eigenvalue weighted by Crippen LogP contribution is -2.30. The molecular weight excluding hydrogens is 464 g/mol. The molecule has 4 aromatic rings. The molecule has 6 rings (SSSR count). The van der Waals surface area contributed by atoms with E-state index in [-0.39, 0.29) is 17.8 Å². The number of hydrogen-bond acceptors (Lipinski definition) is 8. The van der Waals surface area contributed by atoms with Gasteiger partial charge >= 0.3 is 0 Å². The number of benzene rings is 1. The molecule has 1 saturated heterocycles. The summed E-state index contributed by atoms with van der Waals surface area (Å²) in [6, 6.07) is 13.3. The Kier molecular flexibility index (Phi) is 5.09. The van der Waals surface area contributed by atoms with Gasteiger partial charge in [0.05, 0.1) is 11.1 Å². The Balaban J connectivity index is 1.15. The normalized spacial score (nSPS) is 22.6. The number of anilines is 4. The first-order valence-electron chi connectivity index (χ1n) is 11.7. The van der Waals surface area contributed by atoms with Gasteiger partial charge in [0.2, 0.25) is 18.3 Å². The number of aromatic nitrogens is 6. The molecule has 1 aliphatic heterocycles. The standard InChI is InChI=1S/C25H25F2N9/c1-14-18-12-36(13-25(14,18)22(26)27)20-8-5-16(11-30-20)21-33-24(35(2)34-21)31-17-6-3-15(4-7-17)19-9-10-29-23(28)32-19/h3-11,14,18,22H,12-13H2,1-2H3,(H2,28,29,32)(H,31,33,34)/t14-,18+,25+/m0/s1. The van der Waals surface area contributed by atoms with E-state index in [9.17, 15) is 8.78 Å². The summed E-state index contributed by atoms with van der Waals surface area (Å²) in [5, 5.41) is 7.77. The van der Waals surface area contributed by atoms with E-state index in [1.165, 1.54) is 0 Å². The van der Waals surface area contributed by atoms with Gasteiger partial charge in [-0.2, -0.15) is 4.98 Å². The van der Waals surface area contributed by atoms with Crippen LogP contribution >= 0.6 is 0 Å². The van der Waals surface area contributed by atoms with Crippen molar-refractivity contribution in [2.24, 2.45) is 24.3 Å². The Bertz CT molecular complexity index is 1400. The molecule has 4 heterocycles. The highest BCUT2D eigenvalue weighted by Gasteiger charge is 2.71. The van der Waals surface area contributed by atoms with Gasteiger partial charge in [0.1, 0.15) is 5.82 Å². The molecule has 2 fully saturated rings. The van der Waals surface area contributed by atoms with Gasteiger partial charge in [-0.3, -0.25) is 0 Å². The Labute approximate surface area is 206 Å². The molecular formula is C25H25F2N9. The summed E-state index contributed by atoms with van der Waals surface area (Å²) in [5.74, 6) is 2.14. The fourth-order valence-electron chi connectivity index (χ4n) is 5.29. The second kappa shape index (κ2) is 8.21. The highest BCUT2D eigenvalue weighted by atomic mass is 19.3. The molecule has 1 saturated carbocycles. The SMILES string of the molecule is C[C@H]1[C@H]2CN(c3ccc(-c4nc(Nc5ccc(-c6ccnc(N)n6)cc5)n(C)n4)cn3)C[C@]21C(F)F. The monoisotopic (exact) mass is 489 g/mol.